The molecule has 0 N–H and O–H groups in total. The zero-order valence-corrected chi connectivity index (χ0v) is 13.3. The van der Waals surface area contributed by atoms with Gasteiger partial charge in [0, 0.05) is 6.04 Å². The molecule has 0 saturated carbocycles. The number of nitrogens with zero attached hydrogens (tertiary/aromatic N) is 1. The molecule has 0 amide bonds. The average molecular weight is 301 g/mol. The van der Waals surface area contributed by atoms with E-state index in [-0.39, 0.29) is 6.04 Å². The fraction of sp³-hybridized carbons (Fsp3) is 0.294. The quantitative estimate of drug-likeness (QED) is 0.852. The molecule has 1 aliphatic rings. The highest BCUT2D eigenvalue weighted by molar-refractivity contribution is 7.92. The third-order valence-electron chi connectivity index (χ3n) is 3.97. The van der Waals surface area contributed by atoms with Crippen LogP contribution >= 0.6 is 0 Å². The number of fused-ring (bicyclic) bond motifs is 1. The van der Waals surface area contributed by atoms with Crippen LogP contribution in [0, 0.1) is 13.8 Å². The molecule has 0 spiro atoms. The maximum atomic E-state index is 12.9. The summed E-state index contributed by atoms with van der Waals surface area (Å²) in [5, 5.41) is 0. The lowest BCUT2D eigenvalue weighted by atomic mass is 10.1. The SMILES string of the molecule is Cc1ccc(S(=O)(=O)N2c3ccc(C)cc3CC2C)cc1. The van der Waals surface area contributed by atoms with Gasteiger partial charge in [-0.25, -0.2) is 8.42 Å². The summed E-state index contributed by atoms with van der Waals surface area (Å²) in [5.74, 6) is 0. The van der Waals surface area contributed by atoms with Crippen molar-refractivity contribution < 1.29 is 8.42 Å². The van der Waals surface area contributed by atoms with Crippen LogP contribution in [0.25, 0.3) is 0 Å². The molecule has 1 aliphatic heterocycles. The van der Waals surface area contributed by atoms with Gasteiger partial charge < -0.3 is 0 Å². The van der Waals surface area contributed by atoms with E-state index in [1.165, 1.54) is 0 Å². The fourth-order valence-corrected chi connectivity index (χ4v) is 4.61. The number of anilines is 1. The molecule has 0 bridgehead atoms. The van der Waals surface area contributed by atoms with Gasteiger partial charge in [-0.2, -0.15) is 0 Å². The number of benzene rings is 2. The fourth-order valence-electron chi connectivity index (χ4n) is 2.92. The van der Waals surface area contributed by atoms with Gasteiger partial charge in [-0.1, -0.05) is 35.4 Å². The zero-order valence-electron chi connectivity index (χ0n) is 12.5. The van der Waals surface area contributed by atoms with Gasteiger partial charge in [-0.15, -0.1) is 0 Å². The molecular formula is C17H19NO2S. The summed E-state index contributed by atoms with van der Waals surface area (Å²) >= 11 is 0. The van der Waals surface area contributed by atoms with Crippen molar-refractivity contribution in [3.05, 3.63) is 59.2 Å². The summed E-state index contributed by atoms with van der Waals surface area (Å²) in [6.07, 6.45) is 0.766. The van der Waals surface area contributed by atoms with E-state index in [2.05, 4.69) is 6.07 Å². The first kappa shape index (κ1) is 14.1. The number of hydrogen-bond donors (Lipinski definition) is 0. The van der Waals surface area contributed by atoms with Crippen LogP contribution in [0.4, 0.5) is 5.69 Å². The van der Waals surface area contributed by atoms with Gasteiger partial charge in [-0.3, -0.25) is 4.31 Å². The third-order valence-corrected chi connectivity index (χ3v) is 5.91. The maximum absolute atomic E-state index is 12.9. The van der Waals surface area contributed by atoms with Crippen molar-refractivity contribution in [2.45, 2.75) is 38.1 Å². The second-order valence-corrected chi connectivity index (χ2v) is 7.61. The molecule has 21 heavy (non-hydrogen) atoms. The molecule has 3 rings (SSSR count). The standard InChI is InChI=1S/C17H19NO2S/c1-12-4-7-16(8-5-12)21(19,20)18-14(3)11-15-10-13(2)6-9-17(15)18/h4-10,14H,11H2,1-3H3. The zero-order chi connectivity index (χ0) is 15.2. The number of sulfonamides is 1. The van der Waals surface area contributed by atoms with Crippen LogP contribution in [-0.2, 0) is 16.4 Å². The molecule has 0 aromatic heterocycles. The summed E-state index contributed by atoms with van der Waals surface area (Å²) in [5.41, 5.74) is 4.14. The van der Waals surface area contributed by atoms with Crippen LogP contribution in [0.1, 0.15) is 23.6 Å². The summed E-state index contributed by atoms with van der Waals surface area (Å²) in [6, 6.07) is 13.0. The van der Waals surface area contributed by atoms with Crippen molar-refractivity contribution >= 4 is 15.7 Å². The van der Waals surface area contributed by atoms with Gasteiger partial charge >= 0.3 is 0 Å². The Kier molecular flexibility index (Phi) is 3.29. The average Bonchev–Trinajstić information content (AvgIpc) is 2.74. The molecule has 0 saturated heterocycles. The van der Waals surface area contributed by atoms with Crippen LogP contribution in [-0.4, -0.2) is 14.5 Å². The molecule has 2 aromatic rings. The summed E-state index contributed by atoms with van der Waals surface area (Å²) < 4.78 is 27.4. The van der Waals surface area contributed by atoms with E-state index in [1.807, 2.05) is 45.0 Å². The largest absolute Gasteiger partial charge is 0.264 e. The lowest BCUT2D eigenvalue weighted by Gasteiger charge is -2.24. The highest BCUT2D eigenvalue weighted by Crippen LogP contribution is 2.37. The van der Waals surface area contributed by atoms with Crippen molar-refractivity contribution in [3.8, 4) is 0 Å². The maximum Gasteiger partial charge on any atom is 0.264 e. The molecule has 0 fully saturated rings. The van der Waals surface area contributed by atoms with Gasteiger partial charge in [-0.05, 0) is 51.0 Å². The molecule has 0 radical (unpaired) electrons. The highest BCUT2D eigenvalue weighted by atomic mass is 32.2. The van der Waals surface area contributed by atoms with Crippen molar-refractivity contribution in [3.63, 3.8) is 0 Å². The smallest absolute Gasteiger partial charge is 0.263 e. The van der Waals surface area contributed by atoms with Crippen LogP contribution in [0.2, 0.25) is 0 Å². The predicted octanol–water partition coefficient (Wildman–Crippen LogP) is 3.44. The van der Waals surface area contributed by atoms with E-state index in [1.54, 1.807) is 16.4 Å². The molecule has 1 atom stereocenters. The lowest BCUT2D eigenvalue weighted by Crippen LogP contribution is -2.35. The number of hydrogen-bond acceptors (Lipinski definition) is 2. The Bertz CT molecular complexity index is 779. The van der Waals surface area contributed by atoms with Crippen LogP contribution in [0.3, 0.4) is 0 Å². The predicted molar refractivity (Wildman–Crippen MR) is 85.2 cm³/mol. The minimum atomic E-state index is -3.50. The Morgan fingerprint density at radius 3 is 2.29 bits per heavy atom. The number of rotatable bonds is 2. The summed E-state index contributed by atoms with van der Waals surface area (Å²) in [7, 11) is -3.50. The van der Waals surface area contributed by atoms with Gasteiger partial charge in [0.2, 0.25) is 0 Å². The van der Waals surface area contributed by atoms with Crippen LogP contribution < -0.4 is 4.31 Å². The van der Waals surface area contributed by atoms with Crippen molar-refractivity contribution in [1.29, 1.82) is 0 Å². The van der Waals surface area contributed by atoms with Crippen molar-refractivity contribution in [1.82, 2.24) is 0 Å². The van der Waals surface area contributed by atoms with Gasteiger partial charge in [0.05, 0.1) is 10.6 Å². The first-order chi connectivity index (χ1) is 9.89. The molecule has 3 nitrogen and oxygen atoms in total. The highest BCUT2D eigenvalue weighted by Gasteiger charge is 2.35. The second kappa shape index (κ2) is 4.88. The van der Waals surface area contributed by atoms with E-state index in [4.69, 9.17) is 0 Å². The monoisotopic (exact) mass is 301 g/mol. The Balaban J connectivity index is 2.10. The van der Waals surface area contributed by atoms with Crippen molar-refractivity contribution in [2.24, 2.45) is 0 Å². The second-order valence-electron chi connectivity index (χ2n) is 5.80. The number of aryl methyl sites for hydroxylation is 2. The molecule has 2 aromatic carbocycles. The van der Waals surface area contributed by atoms with E-state index in [0.717, 1.165) is 28.8 Å². The van der Waals surface area contributed by atoms with E-state index >= 15 is 0 Å². The third kappa shape index (κ3) is 2.33. The summed E-state index contributed by atoms with van der Waals surface area (Å²) in [6.45, 7) is 5.94. The Labute approximate surface area is 126 Å². The van der Waals surface area contributed by atoms with Crippen molar-refractivity contribution in [2.75, 3.05) is 4.31 Å². The van der Waals surface area contributed by atoms with E-state index < -0.39 is 10.0 Å². The molecular weight excluding hydrogens is 282 g/mol. The van der Waals surface area contributed by atoms with Gasteiger partial charge in [0.25, 0.3) is 10.0 Å². The van der Waals surface area contributed by atoms with Crippen LogP contribution in [0.5, 0.6) is 0 Å². The molecule has 110 valence electrons. The van der Waals surface area contributed by atoms with Gasteiger partial charge in [0.1, 0.15) is 0 Å². The molecule has 1 unspecified atom stereocenters. The minimum absolute atomic E-state index is 0.0481. The van der Waals surface area contributed by atoms with Crippen LogP contribution in [0.15, 0.2) is 47.4 Å². The Morgan fingerprint density at radius 1 is 1.00 bits per heavy atom. The lowest BCUT2D eigenvalue weighted by molar-refractivity contribution is 0.584. The Hall–Kier alpha value is -1.81. The molecule has 1 heterocycles. The minimum Gasteiger partial charge on any atom is -0.263 e. The normalized spacial score (nSPS) is 17.9. The van der Waals surface area contributed by atoms with E-state index in [0.29, 0.717) is 4.90 Å². The molecule has 4 heteroatoms. The van der Waals surface area contributed by atoms with Gasteiger partial charge in [0.15, 0.2) is 0 Å². The van der Waals surface area contributed by atoms with E-state index in [9.17, 15) is 8.42 Å². The topological polar surface area (TPSA) is 37.4 Å². The first-order valence-corrected chi connectivity index (χ1v) is 8.54. The summed E-state index contributed by atoms with van der Waals surface area (Å²) in [4.78, 5) is 0.355. The molecule has 0 aliphatic carbocycles. The first-order valence-electron chi connectivity index (χ1n) is 7.10. The Morgan fingerprint density at radius 2 is 1.62 bits per heavy atom.